The fraction of sp³-hybridized carbons (Fsp3) is 0.500. The van der Waals surface area contributed by atoms with Crippen LogP contribution in [0.4, 0.5) is 5.69 Å². The van der Waals surface area contributed by atoms with E-state index in [-0.39, 0.29) is 12.0 Å². The minimum atomic E-state index is -0.797. The molecule has 1 aliphatic rings. The minimum Gasteiger partial charge on any atom is -0.397 e. The normalized spacial score (nSPS) is 26.4. The Labute approximate surface area is 106 Å². The first-order valence-corrected chi connectivity index (χ1v) is 5.83. The minimum absolute atomic E-state index is 0.0924. The largest absolute Gasteiger partial charge is 0.397 e. The summed E-state index contributed by atoms with van der Waals surface area (Å²) in [6.45, 7) is 0.382. The third kappa shape index (κ3) is 2.60. The van der Waals surface area contributed by atoms with Gasteiger partial charge in [0.1, 0.15) is 5.54 Å². The van der Waals surface area contributed by atoms with Crippen molar-refractivity contribution in [3.8, 4) is 0 Å². The second-order valence-electron chi connectivity index (χ2n) is 4.73. The lowest BCUT2D eigenvalue weighted by atomic mass is 9.74. The molecule has 0 aromatic carbocycles. The number of aromatic nitrogens is 1. The molecule has 1 amide bonds. The molecule has 1 aromatic rings. The van der Waals surface area contributed by atoms with Crippen LogP contribution in [-0.4, -0.2) is 29.6 Å². The number of hydrogen-bond donors (Lipinski definition) is 3. The van der Waals surface area contributed by atoms with Crippen LogP contribution in [0.2, 0.25) is 0 Å². The van der Waals surface area contributed by atoms with E-state index >= 15 is 0 Å². The van der Waals surface area contributed by atoms with Crippen LogP contribution in [-0.2, 0) is 16.1 Å². The van der Waals surface area contributed by atoms with Crippen LogP contribution >= 0.6 is 0 Å². The Morgan fingerprint density at radius 1 is 1.61 bits per heavy atom. The van der Waals surface area contributed by atoms with Crippen LogP contribution in [0.1, 0.15) is 18.4 Å². The molecule has 98 valence electrons. The monoisotopic (exact) mass is 250 g/mol. The zero-order valence-electron chi connectivity index (χ0n) is 10.3. The molecule has 0 aliphatic heterocycles. The molecule has 6 heteroatoms. The van der Waals surface area contributed by atoms with Crippen LogP contribution in [0.15, 0.2) is 18.5 Å². The van der Waals surface area contributed by atoms with Crippen molar-refractivity contribution in [2.24, 2.45) is 5.73 Å². The Morgan fingerprint density at radius 2 is 2.33 bits per heavy atom. The van der Waals surface area contributed by atoms with Gasteiger partial charge in [-0.3, -0.25) is 9.78 Å². The number of rotatable bonds is 4. The number of nitrogen functional groups attached to an aromatic ring is 1. The van der Waals surface area contributed by atoms with Crippen molar-refractivity contribution in [1.29, 1.82) is 0 Å². The molecule has 18 heavy (non-hydrogen) atoms. The van der Waals surface area contributed by atoms with E-state index in [1.165, 1.54) is 0 Å². The highest BCUT2D eigenvalue weighted by molar-refractivity contribution is 5.87. The molecule has 0 radical (unpaired) electrons. The number of carbonyl (C=O) groups is 1. The van der Waals surface area contributed by atoms with Crippen molar-refractivity contribution in [2.45, 2.75) is 31.0 Å². The fourth-order valence-corrected chi connectivity index (χ4v) is 2.07. The number of nitrogens with one attached hydrogen (secondary N) is 1. The first-order valence-electron chi connectivity index (χ1n) is 5.83. The van der Waals surface area contributed by atoms with Gasteiger partial charge in [0.2, 0.25) is 5.91 Å². The summed E-state index contributed by atoms with van der Waals surface area (Å²) in [6, 6.07) is 1.77. The summed E-state index contributed by atoms with van der Waals surface area (Å²) in [5.41, 5.74) is 12.2. The van der Waals surface area contributed by atoms with Crippen LogP contribution in [0.3, 0.4) is 0 Å². The standard InChI is InChI=1S/C12H18N4O2/c1-18-10-3-12(14,4-10)11(17)16-6-8-2-9(13)7-15-5-8/h2,5,7,10H,3-4,6,13-14H2,1H3,(H,16,17). The number of anilines is 1. The molecule has 2 rings (SSSR count). The maximum Gasteiger partial charge on any atom is 0.240 e. The van der Waals surface area contributed by atoms with Gasteiger partial charge in [-0.25, -0.2) is 0 Å². The number of carbonyl (C=O) groups excluding carboxylic acids is 1. The van der Waals surface area contributed by atoms with E-state index in [1.54, 1.807) is 25.6 Å². The number of nitrogens with zero attached hydrogens (tertiary/aromatic N) is 1. The van der Waals surface area contributed by atoms with Gasteiger partial charge in [0, 0.05) is 38.9 Å². The topological polar surface area (TPSA) is 103 Å². The van der Waals surface area contributed by atoms with Crippen molar-refractivity contribution in [2.75, 3.05) is 12.8 Å². The van der Waals surface area contributed by atoms with Gasteiger partial charge in [0.15, 0.2) is 0 Å². The summed E-state index contributed by atoms with van der Waals surface area (Å²) >= 11 is 0. The van der Waals surface area contributed by atoms with E-state index in [0.717, 1.165) is 5.56 Å². The van der Waals surface area contributed by atoms with E-state index in [1.807, 2.05) is 0 Å². The van der Waals surface area contributed by atoms with Crippen LogP contribution in [0.5, 0.6) is 0 Å². The Morgan fingerprint density at radius 3 is 2.94 bits per heavy atom. The van der Waals surface area contributed by atoms with Gasteiger partial charge in [0.25, 0.3) is 0 Å². The SMILES string of the molecule is COC1CC(N)(C(=O)NCc2cncc(N)c2)C1. The number of amides is 1. The van der Waals surface area contributed by atoms with Gasteiger partial charge in [-0.2, -0.15) is 0 Å². The molecule has 1 saturated carbocycles. The molecule has 1 heterocycles. The van der Waals surface area contributed by atoms with E-state index in [2.05, 4.69) is 10.3 Å². The maximum atomic E-state index is 11.9. The predicted molar refractivity (Wildman–Crippen MR) is 67.4 cm³/mol. The summed E-state index contributed by atoms with van der Waals surface area (Å²) in [7, 11) is 1.63. The highest BCUT2D eigenvalue weighted by Gasteiger charge is 2.47. The van der Waals surface area contributed by atoms with Gasteiger partial charge in [-0.1, -0.05) is 0 Å². The molecule has 1 aliphatic carbocycles. The van der Waals surface area contributed by atoms with Gasteiger partial charge in [0.05, 0.1) is 11.8 Å². The van der Waals surface area contributed by atoms with Gasteiger partial charge in [-0.15, -0.1) is 0 Å². The van der Waals surface area contributed by atoms with Gasteiger partial charge < -0.3 is 21.5 Å². The average molecular weight is 250 g/mol. The summed E-state index contributed by atoms with van der Waals surface area (Å²) in [4.78, 5) is 15.9. The Bertz CT molecular complexity index is 443. The molecule has 5 N–H and O–H groups in total. The molecule has 0 atom stereocenters. The lowest BCUT2D eigenvalue weighted by molar-refractivity contribution is -0.135. The summed E-state index contributed by atoms with van der Waals surface area (Å²) in [5.74, 6) is -0.154. The quantitative estimate of drug-likeness (QED) is 0.686. The number of pyridine rings is 1. The van der Waals surface area contributed by atoms with Crippen LogP contribution in [0, 0.1) is 0 Å². The molecule has 1 aromatic heterocycles. The first-order chi connectivity index (χ1) is 8.53. The van der Waals surface area contributed by atoms with E-state index in [0.29, 0.717) is 25.1 Å². The number of ether oxygens (including phenoxy) is 1. The first kappa shape index (κ1) is 12.8. The lowest BCUT2D eigenvalue weighted by Gasteiger charge is -2.42. The Hall–Kier alpha value is -1.66. The smallest absolute Gasteiger partial charge is 0.240 e. The van der Waals surface area contributed by atoms with Crippen molar-refractivity contribution in [3.05, 3.63) is 24.0 Å². The Kier molecular flexibility index (Phi) is 3.49. The van der Waals surface area contributed by atoms with Crippen molar-refractivity contribution in [3.63, 3.8) is 0 Å². The zero-order chi connectivity index (χ0) is 13.2. The molecule has 0 unspecified atom stereocenters. The van der Waals surface area contributed by atoms with Crippen molar-refractivity contribution < 1.29 is 9.53 Å². The molecular weight excluding hydrogens is 232 g/mol. The molecule has 0 bridgehead atoms. The number of nitrogens with two attached hydrogens (primary N) is 2. The number of hydrogen-bond acceptors (Lipinski definition) is 5. The van der Waals surface area contributed by atoms with E-state index < -0.39 is 5.54 Å². The Balaban J connectivity index is 1.86. The fourth-order valence-electron chi connectivity index (χ4n) is 2.07. The molecular formula is C12H18N4O2. The average Bonchev–Trinajstić information content (AvgIpc) is 2.32. The predicted octanol–water partition coefficient (Wildman–Crippen LogP) is -0.214. The third-order valence-corrected chi connectivity index (χ3v) is 3.24. The molecule has 6 nitrogen and oxygen atoms in total. The summed E-state index contributed by atoms with van der Waals surface area (Å²) < 4.78 is 5.12. The zero-order valence-corrected chi connectivity index (χ0v) is 10.3. The van der Waals surface area contributed by atoms with Gasteiger partial charge in [-0.05, 0) is 11.6 Å². The number of methoxy groups -OCH3 is 1. The second-order valence-corrected chi connectivity index (χ2v) is 4.73. The second kappa shape index (κ2) is 4.91. The maximum absolute atomic E-state index is 11.9. The highest BCUT2D eigenvalue weighted by Crippen LogP contribution is 2.32. The van der Waals surface area contributed by atoms with Crippen LogP contribution in [0.25, 0.3) is 0 Å². The third-order valence-electron chi connectivity index (χ3n) is 3.24. The molecule has 0 saturated heterocycles. The lowest BCUT2D eigenvalue weighted by Crippen LogP contribution is -2.64. The molecule has 0 spiro atoms. The van der Waals surface area contributed by atoms with Gasteiger partial charge >= 0.3 is 0 Å². The molecule has 1 fully saturated rings. The summed E-state index contributed by atoms with van der Waals surface area (Å²) in [5, 5.41) is 2.80. The van der Waals surface area contributed by atoms with Crippen molar-refractivity contribution in [1.82, 2.24) is 10.3 Å². The highest BCUT2D eigenvalue weighted by atomic mass is 16.5. The van der Waals surface area contributed by atoms with E-state index in [9.17, 15) is 4.79 Å². The van der Waals surface area contributed by atoms with Crippen molar-refractivity contribution >= 4 is 11.6 Å². The summed E-state index contributed by atoms with van der Waals surface area (Å²) in [6.07, 6.45) is 4.44. The van der Waals surface area contributed by atoms with E-state index in [4.69, 9.17) is 16.2 Å². The van der Waals surface area contributed by atoms with Crippen LogP contribution < -0.4 is 16.8 Å².